The molecule has 1 heterocycles. The Morgan fingerprint density at radius 3 is 2.32 bits per heavy atom. The number of ether oxygens (including phenoxy) is 1. The highest BCUT2D eigenvalue weighted by Gasteiger charge is 2.29. The Morgan fingerprint density at radius 2 is 1.71 bits per heavy atom. The molecule has 5 heteroatoms. The summed E-state index contributed by atoms with van der Waals surface area (Å²) in [5.74, 6) is 0.756. The summed E-state index contributed by atoms with van der Waals surface area (Å²) in [7, 11) is 0. The van der Waals surface area contributed by atoms with E-state index >= 15 is 0 Å². The first-order chi connectivity index (χ1) is 14.8. The fraction of sp³-hybridized carbons (Fsp3) is 0.462. The van der Waals surface area contributed by atoms with E-state index in [4.69, 9.17) is 4.74 Å². The maximum Gasteiger partial charge on any atom is 0.260 e. The van der Waals surface area contributed by atoms with Gasteiger partial charge in [-0.15, -0.1) is 0 Å². The van der Waals surface area contributed by atoms with Crippen molar-refractivity contribution in [2.75, 3.05) is 11.9 Å². The molecule has 5 nitrogen and oxygen atoms in total. The molecule has 0 aromatic heterocycles. The lowest BCUT2D eigenvalue weighted by Crippen LogP contribution is -2.49. The van der Waals surface area contributed by atoms with Gasteiger partial charge in [0.05, 0.1) is 0 Å². The van der Waals surface area contributed by atoms with Gasteiger partial charge in [-0.1, -0.05) is 32.0 Å². The number of amides is 2. The van der Waals surface area contributed by atoms with Crippen LogP contribution in [0.5, 0.6) is 5.75 Å². The number of rotatable bonds is 6. The van der Waals surface area contributed by atoms with Crippen molar-refractivity contribution in [2.24, 2.45) is 0 Å². The minimum absolute atomic E-state index is 0.0151. The highest BCUT2D eigenvalue weighted by atomic mass is 16.5. The molecule has 166 valence electrons. The predicted molar refractivity (Wildman–Crippen MR) is 125 cm³/mol. The van der Waals surface area contributed by atoms with E-state index in [1.165, 1.54) is 0 Å². The molecule has 1 aliphatic rings. The van der Waals surface area contributed by atoms with Gasteiger partial charge in [-0.2, -0.15) is 0 Å². The Hall–Kier alpha value is -2.82. The summed E-state index contributed by atoms with van der Waals surface area (Å²) in [6.45, 7) is 10.4. The number of hydrogen-bond donors (Lipinski definition) is 1. The molecule has 2 amide bonds. The first-order valence-corrected chi connectivity index (χ1v) is 11.2. The van der Waals surface area contributed by atoms with Crippen molar-refractivity contribution in [2.45, 2.75) is 71.9 Å². The number of carbonyl (C=O) groups is 2. The number of likely N-dealkylation sites (tertiary alicyclic amines) is 1. The number of nitrogens with zero attached hydrogens (tertiary/aromatic N) is 1. The summed E-state index contributed by atoms with van der Waals surface area (Å²) in [6.07, 6.45) is 3.25. The van der Waals surface area contributed by atoms with Crippen LogP contribution in [-0.4, -0.2) is 35.4 Å². The number of nitrogens with one attached hydrogen (secondary N) is 1. The number of para-hydroxylation sites is 1. The molecule has 1 N–H and O–H groups in total. The van der Waals surface area contributed by atoms with E-state index in [2.05, 4.69) is 33.0 Å². The first-order valence-electron chi connectivity index (χ1n) is 11.2. The molecule has 2 atom stereocenters. The van der Waals surface area contributed by atoms with Crippen molar-refractivity contribution < 1.29 is 14.3 Å². The van der Waals surface area contributed by atoms with E-state index in [9.17, 15) is 9.59 Å². The fourth-order valence-corrected chi connectivity index (χ4v) is 4.36. The van der Waals surface area contributed by atoms with Crippen LogP contribution in [0.25, 0.3) is 0 Å². The van der Waals surface area contributed by atoms with Gasteiger partial charge in [0, 0.05) is 23.3 Å². The normalized spacial score (nSPS) is 18.7. The van der Waals surface area contributed by atoms with Gasteiger partial charge in [-0.3, -0.25) is 9.59 Å². The molecule has 0 saturated carbocycles. The van der Waals surface area contributed by atoms with Crippen LogP contribution >= 0.6 is 0 Å². The van der Waals surface area contributed by atoms with Gasteiger partial charge in [0.25, 0.3) is 11.8 Å². The fourth-order valence-electron chi connectivity index (χ4n) is 4.36. The van der Waals surface area contributed by atoms with Gasteiger partial charge in [0.2, 0.25) is 0 Å². The third kappa shape index (κ3) is 5.46. The molecule has 0 spiro atoms. The third-order valence-electron chi connectivity index (χ3n) is 6.13. The van der Waals surface area contributed by atoms with E-state index < -0.39 is 0 Å². The van der Waals surface area contributed by atoms with Crippen LogP contribution in [0.15, 0.2) is 42.5 Å². The second-order valence-electron chi connectivity index (χ2n) is 8.89. The number of carbonyl (C=O) groups excluding carboxylic acids is 2. The summed E-state index contributed by atoms with van der Waals surface area (Å²) >= 11 is 0. The summed E-state index contributed by atoms with van der Waals surface area (Å²) < 4.78 is 5.72. The monoisotopic (exact) mass is 422 g/mol. The lowest BCUT2D eigenvalue weighted by Gasteiger charge is -2.38. The summed E-state index contributed by atoms with van der Waals surface area (Å²) in [5, 5.41) is 3.06. The predicted octanol–water partition coefficient (Wildman–Crippen LogP) is 5.54. The Morgan fingerprint density at radius 1 is 1.06 bits per heavy atom. The van der Waals surface area contributed by atoms with Crippen LogP contribution < -0.4 is 10.1 Å². The maximum absolute atomic E-state index is 12.8. The molecule has 0 bridgehead atoms. The smallest absolute Gasteiger partial charge is 0.260 e. The Bertz CT molecular complexity index is 911. The SMILES string of the molecule is Cc1cccc(C(C)C)c1NC(=O)c1ccc(OCC(=O)N2C(C)CCCC2C)cc1. The Kier molecular flexibility index (Phi) is 7.37. The van der Waals surface area contributed by atoms with E-state index in [0.717, 1.165) is 36.1 Å². The van der Waals surface area contributed by atoms with Crippen LogP contribution in [0.3, 0.4) is 0 Å². The van der Waals surface area contributed by atoms with Gasteiger partial charge in [0.1, 0.15) is 5.75 Å². The van der Waals surface area contributed by atoms with Crippen molar-refractivity contribution >= 4 is 17.5 Å². The quantitative estimate of drug-likeness (QED) is 0.665. The minimum Gasteiger partial charge on any atom is -0.484 e. The number of benzene rings is 2. The molecule has 2 unspecified atom stereocenters. The highest BCUT2D eigenvalue weighted by molar-refractivity contribution is 6.05. The second kappa shape index (κ2) is 9.99. The second-order valence-corrected chi connectivity index (χ2v) is 8.89. The van der Waals surface area contributed by atoms with Crippen LogP contribution in [0.4, 0.5) is 5.69 Å². The Balaban J connectivity index is 1.62. The molecule has 2 aromatic carbocycles. The average molecular weight is 423 g/mol. The molecular formula is C26H34N2O3. The van der Waals surface area contributed by atoms with Crippen molar-refractivity contribution in [3.05, 3.63) is 59.2 Å². The number of anilines is 1. The first kappa shape index (κ1) is 22.9. The standard InChI is InChI=1S/C26H34N2O3/c1-17(2)23-11-6-8-18(3)25(23)27-26(30)21-12-14-22(15-13-21)31-16-24(29)28-19(4)9-7-10-20(28)5/h6,8,11-15,17,19-20H,7,9-10,16H2,1-5H3,(H,27,30). The van der Waals surface area contributed by atoms with E-state index in [1.807, 2.05) is 30.0 Å². The molecule has 1 saturated heterocycles. The molecule has 0 radical (unpaired) electrons. The molecular weight excluding hydrogens is 388 g/mol. The molecule has 3 rings (SSSR count). The lowest BCUT2D eigenvalue weighted by atomic mass is 9.97. The van der Waals surface area contributed by atoms with Gasteiger partial charge >= 0.3 is 0 Å². The zero-order chi connectivity index (χ0) is 22.5. The number of aryl methyl sites for hydroxylation is 1. The van der Waals surface area contributed by atoms with Crippen LogP contribution in [0.1, 0.15) is 74.4 Å². The zero-order valence-corrected chi connectivity index (χ0v) is 19.3. The van der Waals surface area contributed by atoms with Crippen LogP contribution in [0.2, 0.25) is 0 Å². The Labute approximate surface area is 185 Å². The van der Waals surface area contributed by atoms with Crippen molar-refractivity contribution in [1.29, 1.82) is 0 Å². The van der Waals surface area contributed by atoms with Gasteiger partial charge in [-0.05, 0) is 81.3 Å². The van der Waals surface area contributed by atoms with Crippen molar-refractivity contribution in [3.8, 4) is 5.75 Å². The molecule has 0 aliphatic carbocycles. The maximum atomic E-state index is 12.8. The van der Waals surface area contributed by atoms with Crippen LogP contribution in [-0.2, 0) is 4.79 Å². The molecule has 2 aromatic rings. The van der Waals surface area contributed by atoms with Crippen molar-refractivity contribution in [3.63, 3.8) is 0 Å². The minimum atomic E-state index is -0.158. The zero-order valence-electron chi connectivity index (χ0n) is 19.3. The summed E-state index contributed by atoms with van der Waals surface area (Å²) in [6, 6.07) is 13.5. The van der Waals surface area contributed by atoms with Gasteiger partial charge < -0.3 is 15.0 Å². The van der Waals surface area contributed by atoms with Gasteiger partial charge in [0.15, 0.2) is 6.61 Å². The highest BCUT2D eigenvalue weighted by Crippen LogP contribution is 2.28. The lowest BCUT2D eigenvalue weighted by molar-refractivity contribution is -0.139. The topological polar surface area (TPSA) is 58.6 Å². The average Bonchev–Trinajstić information content (AvgIpc) is 2.73. The van der Waals surface area contributed by atoms with Crippen LogP contribution in [0, 0.1) is 6.92 Å². The van der Waals surface area contributed by atoms with E-state index in [0.29, 0.717) is 17.2 Å². The van der Waals surface area contributed by atoms with E-state index in [1.54, 1.807) is 24.3 Å². The largest absolute Gasteiger partial charge is 0.484 e. The summed E-state index contributed by atoms with van der Waals surface area (Å²) in [5.41, 5.74) is 3.58. The van der Waals surface area contributed by atoms with Gasteiger partial charge in [-0.25, -0.2) is 0 Å². The third-order valence-corrected chi connectivity index (χ3v) is 6.13. The summed E-state index contributed by atoms with van der Waals surface area (Å²) in [4.78, 5) is 27.4. The number of piperidine rings is 1. The van der Waals surface area contributed by atoms with Crippen molar-refractivity contribution in [1.82, 2.24) is 4.90 Å². The molecule has 1 fully saturated rings. The molecule has 31 heavy (non-hydrogen) atoms. The number of hydrogen-bond acceptors (Lipinski definition) is 3. The molecule has 1 aliphatic heterocycles. The van der Waals surface area contributed by atoms with E-state index in [-0.39, 0.29) is 30.5 Å².